The first-order valence-corrected chi connectivity index (χ1v) is 8.25. The Labute approximate surface area is 142 Å². The summed E-state index contributed by atoms with van der Waals surface area (Å²) in [4.78, 5) is 17.2. The van der Waals surface area contributed by atoms with Crippen LogP contribution < -0.4 is 10.1 Å². The highest BCUT2D eigenvalue weighted by Crippen LogP contribution is 2.26. The minimum absolute atomic E-state index is 0.0309. The molecular formula is C19H23N3O2. The lowest BCUT2D eigenvalue weighted by atomic mass is 9.93. The van der Waals surface area contributed by atoms with Crippen molar-refractivity contribution in [2.75, 3.05) is 7.11 Å². The third-order valence-electron chi connectivity index (χ3n) is 4.47. The van der Waals surface area contributed by atoms with Crippen LogP contribution >= 0.6 is 0 Å². The lowest BCUT2D eigenvalue weighted by molar-refractivity contribution is -0.125. The molecule has 2 atom stereocenters. The second kappa shape index (κ2) is 7.34. The number of nitrogens with zero attached hydrogens (tertiary/aromatic N) is 2. The van der Waals surface area contributed by atoms with E-state index < -0.39 is 0 Å². The molecule has 2 unspecified atom stereocenters. The van der Waals surface area contributed by atoms with E-state index in [-0.39, 0.29) is 17.9 Å². The monoisotopic (exact) mass is 325 g/mol. The van der Waals surface area contributed by atoms with Gasteiger partial charge in [-0.25, -0.2) is 4.98 Å². The average Bonchev–Trinajstić information content (AvgIpc) is 3.06. The lowest BCUT2D eigenvalue weighted by Crippen LogP contribution is -2.36. The SMILES string of the molecule is COc1cccc(C(NC(=O)C2CC=CCC2)c2nccn2C)c1. The Balaban J connectivity index is 1.89. The van der Waals surface area contributed by atoms with Crippen molar-refractivity contribution >= 4 is 5.91 Å². The molecule has 0 saturated heterocycles. The van der Waals surface area contributed by atoms with Crippen molar-refractivity contribution in [2.45, 2.75) is 25.3 Å². The van der Waals surface area contributed by atoms with Crippen LogP contribution in [0.1, 0.15) is 36.7 Å². The summed E-state index contributed by atoms with van der Waals surface area (Å²) in [5, 5.41) is 3.19. The highest BCUT2D eigenvalue weighted by atomic mass is 16.5. The molecule has 1 amide bonds. The highest BCUT2D eigenvalue weighted by Gasteiger charge is 2.25. The molecule has 24 heavy (non-hydrogen) atoms. The highest BCUT2D eigenvalue weighted by molar-refractivity contribution is 5.79. The van der Waals surface area contributed by atoms with Crippen molar-refractivity contribution in [3.8, 4) is 5.75 Å². The molecule has 0 spiro atoms. The number of rotatable bonds is 5. The van der Waals surface area contributed by atoms with Gasteiger partial charge in [-0.05, 0) is 37.0 Å². The van der Waals surface area contributed by atoms with Gasteiger partial charge in [-0.3, -0.25) is 4.79 Å². The molecule has 1 N–H and O–H groups in total. The van der Waals surface area contributed by atoms with E-state index in [1.165, 1.54) is 0 Å². The summed E-state index contributed by atoms with van der Waals surface area (Å²) in [6.45, 7) is 0. The Morgan fingerprint density at radius 1 is 1.42 bits per heavy atom. The largest absolute Gasteiger partial charge is 0.497 e. The smallest absolute Gasteiger partial charge is 0.224 e. The quantitative estimate of drug-likeness (QED) is 0.860. The zero-order valence-electron chi connectivity index (χ0n) is 14.1. The fourth-order valence-corrected chi connectivity index (χ4v) is 3.07. The van der Waals surface area contributed by atoms with E-state index in [4.69, 9.17) is 4.74 Å². The van der Waals surface area contributed by atoms with Crippen LogP contribution in [0.5, 0.6) is 5.75 Å². The van der Waals surface area contributed by atoms with Crippen molar-refractivity contribution < 1.29 is 9.53 Å². The number of benzene rings is 1. The Hall–Kier alpha value is -2.56. The third kappa shape index (κ3) is 3.50. The predicted molar refractivity (Wildman–Crippen MR) is 92.7 cm³/mol. The zero-order valence-corrected chi connectivity index (χ0v) is 14.1. The van der Waals surface area contributed by atoms with Crippen LogP contribution in [0.25, 0.3) is 0 Å². The molecule has 0 saturated carbocycles. The molecule has 5 nitrogen and oxygen atoms in total. The number of amides is 1. The van der Waals surface area contributed by atoms with Crippen molar-refractivity contribution in [1.82, 2.24) is 14.9 Å². The van der Waals surface area contributed by atoms with Gasteiger partial charge in [0, 0.05) is 25.4 Å². The summed E-state index contributed by atoms with van der Waals surface area (Å²) in [5.41, 5.74) is 0.961. The first-order valence-electron chi connectivity index (χ1n) is 8.25. The normalized spacial score (nSPS) is 18.2. The number of aromatic nitrogens is 2. The first-order chi connectivity index (χ1) is 11.7. The Bertz CT molecular complexity index is 736. The lowest BCUT2D eigenvalue weighted by Gasteiger charge is -2.23. The van der Waals surface area contributed by atoms with Crippen molar-refractivity contribution in [1.29, 1.82) is 0 Å². The van der Waals surface area contributed by atoms with E-state index in [0.29, 0.717) is 0 Å². The van der Waals surface area contributed by atoms with Gasteiger partial charge in [-0.15, -0.1) is 0 Å². The summed E-state index contributed by atoms with van der Waals surface area (Å²) in [6, 6.07) is 7.47. The van der Waals surface area contributed by atoms with E-state index in [1.54, 1.807) is 13.3 Å². The van der Waals surface area contributed by atoms with E-state index in [0.717, 1.165) is 36.4 Å². The summed E-state index contributed by atoms with van der Waals surface area (Å²) in [5.74, 6) is 1.68. The van der Waals surface area contributed by atoms with Crippen LogP contribution in [0, 0.1) is 5.92 Å². The molecule has 5 heteroatoms. The number of carbonyl (C=O) groups excluding carboxylic acids is 1. The van der Waals surface area contributed by atoms with Crippen molar-refractivity contribution in [2.24, 2.45) is 13.0 Å². The molecule has 1 aromatic heterocycles. The van der Waals surface area contributed by atoms with Gasteiger partial charge in [0.1, 0.15) is 17.6 Å². The summed E-state index contributed by atoms with van der Waals surface area (Å²) >= 11 is 0. The van der Waals surface area contributed by atoms with Gasteiger partial charge < -0.3 is 14.6 Å². The number of carbonyl (C=O) groups is 1. The van der Waals surface area contributed by atoms with E-state index in [2.05, 4.69) is 22.5 Å². The fraction of sp³-hybridized carbons (Fsp3) is 0.368. The van der Waals surface area contributed by atoms with Gasteiger partial charge in [-0.2, -0.15) is 0 Å². The number of methoxy groups -OCH3 is 1. The molecule has 0 bridgehead atoms. The van der Waals surface area contributed by atoms with Gasteiger partial charge in [0.2, 0.25) is 5.91 Å². The second-order valence-electron chi connectivity index (χ2n) is 6.10. The predicted octanol–water partition coefficient (Wildman–Crippen LogP) is 2.99. The Morgan fingerprint density at radius 2 is 2.29 bits per heavy atom. The minimum Gasteiger partial charge on any atom is -0.497 e. The maximum absolute atomic E-state index is 12.7. The van der Waals surface area contributed by atoms with Gasteiger partial charge in [0.05, 0.1) is 7.11 Å². The number of nitrogens with one attached hydrogen (secondary N) is 1. The van der Waals surface area contributed by atoms with Crippen LogP contribution in [0.3, 0.4) is 0 Å². The molecule has 2 aromatic rings. The zero-order chi connectivity index (χ0) is 16.9. The molecule has 1 aromatic carbocycles. The molecule has 3 rings (SSSR count). The average molecular weight is 325 g/mol. The van der Waals surface area contributed by atoms with Crippen molar-refractivity contribution in [3.05, 3.63) is 60.2 Å². The van der Waals surface area contributed by atoms with Crippen LogP contribution in [0.2, 0.25) is 0 Å². The summed E-state index contributed by atoms with van der Waals surface area (Å²) in [7, 11) is 3.58. The molecular weight excluding hydrogens is 302 g/mol. The van der Waals surface area contributed by atoms with E-state index in [1.807, 2.05) is 42.1 Å². The van der Waals surface area contributed by atoms with Gasteiger partial charge in [0.25, 0.3) is 0 Å². The first kappa shape index (κ1) is 16.3. The summed E-state index contributed by atoms with van der Waals surface area (Å²) < 4.78 is 7.26. The molecule has 1 heterocycles. The van der Waals surface area contributed by atoms with Gasteiger partial charge in [-0.1, -0.05) is 24.3 Å². The molecule has 126 valence electrons. The Kier molecular flexibility index (Phi) is 4.99. The number of hydrogen-bond acceptors (Lipinski definition) is 3. The molecule has 0 fully saturated rings. The number of allylic oxidation sites excluding steroid dienone is 2. The topological polar surface area (TPSA) is 56.1 Å². The molecule has 1 aliphatic carbocycles. The third-order valence-corrected chi connectivity index (χ3v) is 4.47. The molecule has 0 radical (unpaired) electrons. The van der Waals surface area contributed by atoms with Crippen molar-refractivity contribution in [3.63, 3.8) is 0 Å². The Morgan fingerprint density at radius 3 is 2.96 bits per heavy atom. The van der Waals surface area contributed by atoms with Gasteiger partial charge in [0.15, 0.2) is 0 Å². The maximum atomic E-state index is 12.7. The number of aryl methyl sites for hydroxylation is 1. The van der Waals surface area contributed by atoms with Crippen LogP contribution in [-0.2, 0) is 11.8 Å². The van der Waals surface area contributed by atoms with Crippen LogP contribution in [-0.4, -0.2) is 22.6 Å². The fourth-order valence-electron chi connectivity index (χ4n) is 3.07. The minimum atomic E-state index is -0.293. The van der Waals surface area contributed by atoms with E-state index in [9.17, 15) is 4.79 Å². The molecule has 1 aliphatic rings. The van der Waals surface area contributed by atoms with Gasteiger partial charge >= 0.3 is 0 Å². The number of hydrogen-bond donors (Lipinski definition) is 1. The standard InChI is InChI=1S/C19H23N3O2/c1-22-12-11-20-18(22)17(15-9-6-10-16(13-15)24-2)21-19(23)14-7-4-3-5-8-14/h3-4,6,9-14,17H,5,7-8H2,1-2H3,(H,21,23). The summed E-state index contributed by atoms with van der Waals surface area (Å²) in [6.07, 6.45) is 10.5. The number of imidazole rings is 1. The second-order valence-corrected chi connectivity index (χ2v) is 6.10. The van der Waals surface area contributed by atoms with Crippen LogP contribution in [0.4, 0.5) is 0 Å². The molecule has 0 aliphatic heterocycles. The maximum Gasteiger partial charge on any atom is 0.224 e. The van der Waals surface area contributed by atoms with E-state index >= 15 is 0 Å². The number of ether oxygens (including phenoxy) is 1. The van der Waals surface area contributed by atoms with Crippen LogP contribution in [0.15, 0.2) is 48.8 Å².